The van der Waals surface area contributed by atoms with Crippen molar-refractivity contribution in [3.63, 3.8) is 0 Å². The van der Waals surface area contributed by atoms with Crippen LogP contribution in [0.2, 0.25) is 10.0 Å². The Labute approximate surface area is 146 Å². The van der Waals surface area contributed by atoms with Crippen molar-refractivity contribution in [3.8, 4) is 0 Å². The summed E-state index contributed by atoms with van der Waals surface area (Å²) < 4.78 is 28.8. The molecule has 0 unspecified atom stereocenters. The van der Waals surface area contributed by atoms with Gasteiger partial charge in [-0.3, -0.25) is 4.72 Å². The maximum atomic E-state index is 12.4. The molecule has 0 atom stereocenters. The van der Waals surface area contributed by atoms with Gasteiger partial charge in [0.25, 0.3) is 10.0 Å². The van der Waals surface area contributed by atoms with Crippen LogP contribution in [0.3, 0.4) is 0 Å². The number of fused-ring (bicyclic) bond motifs is 1. The second-order valence-corrected chi connectivity index (χ2v) is 9.89. The number of rotatable bonds is 3. The van der Waals surface area contributed by atoms with E-state index in [0.717, 1.165) is 16.0 Å². The highest BCUT2D eigenvalue weighted by atomic mass is 79.9. The number of benzene rings is 1. The second kappa shape index (κ2) is 5.68. The van der Waals surface area contributed by atoms with Crippen LogP contribution in [0.25, 0.3) is 10.2 Å². The van der Waals surface area contributed by atoms with Gasteiger partial charge in [0.15, 0.2) is 0 Å². The van der Waals surface area contributed by atoms with Gasteiger partial charge in [0, 0.05) is 0 Å². The van der Waals surface area contributed by atoms with Crippen molar-refractivity contribution in [1.29, 1.82) is 0 Å². The first-order chi connectivity index (χ1) is 9.88. The lowest BCUT2D eigenvalue weighted by Crippen LogP contribution is -2.12. The van der Waals surface area contributed by atoms with Gasteiger partial charge in [-0.2, -0.15) is 0 Å². The minimum absolute atomic E-state index is 0.0997. The van der Waals surface area contributed by atoms with Crippen LogP contribution in [0.5, 0.6) is 0 Å². The summed E-state index contributed by atoms with van der Waals surface area (Å²) in [4.78, 5) is 4.16. The van der Waals surface area contributed by atoms with Gasteiger partial charge in [-0.15, -0.1) is 22.7 Å². The van der Waals surface area contributed by atoms with Crippen molar-refractivity contribution in [2.45, 2.75) is 4.21 Å². The zero-order valence-electron chi connectivity index (χ0n) is 9.93. The largest absolute Gasteiger partial charge is 0.275 e. The molecule has 3 rings (SSSR count). The van der Waals surface area contributed by atoms with E-state index >= 15 is 0 Å². The Morgan fingerprint density at radius 3 is 2.67 bits per heavy atom. The van der Waals surface area contributed by atoms with Gasteiger partial charge < -0.3 is 0 Å². The first-order valence-electron chi connectivity index (χ1n) is 5.38. The van der Waals surface area contributed by atoms with E-state index in [0.29, 0.717) is 19.3 Å². The smallest absolute Gasteiger partial charge is 0.271 e. The first kappa shape index (κ1) is 15.5. The second-order valence-electron chi connectivity index (χ2n) is 3.91. The molecule has 2 heterocycles. The molecule has 10 heteroatoms. The number of anilines is 1. The normalized spacial score (nSPS) is 12.0. The number of hydrogen-bond acceptors (Lipinski definition) is 5. The summed E-state index contributed by atoms with van der Waals surface area (Å²) in [5.74, 6) is 0. The monoisotopic (exact) mass is 442 g/mol. The van der Waals surface area contributed by atoms with Crippen LogP contribution >= 0.6 is 61.8 Å². The predicted molar refractivity (Wildman–Crippen MR) is 92.5 cm³/mol. The molecule has 0 bridgehead atoms. The van der Waals surface area contributed by atoms with Gasteiger partial charge in [-0.05, 0) is 34.1 Å². The number of halogens is 3. The molecule has 0 amide bonds. The summed E-state index contributed by atoms with van der Waals surface area (Å²) in [6.45, 7) is 0. The summed E-state index contributed by atoms with van der Waals surface area (Å²) in [6.07, 6.45) is 0. The molecule has 0 aliphatic rings. The summed E-state index contributed by atoms with van der Waals surface area (Å²) >= 11 is 17.6. The fourth-order valence-electron chi connectivity index (χ4n) is 1.65. The zero-order chi connectivity index (χ0) is 15.2. The van der Waals surface area contributed by atoms with Crippen molar-refractivity contribution in [2.75, 3.05) is 4.72 Å². The predicted octanol–water partition coefficient (Wildman–Crippen LogP) is 5.23. The van der Waals surface area contributed by atoms with Crippen LogP contribution < -0.4 is 4.72 Å². The van der Waals surface area contributed by atoms with Crippen molar-refractivity contribution >= 4 is 87.7 Å². The molecule has 3 aromatic rings. The van der Waals surface area contributed by atoms with E-state index < -0.39 is 10.0 Å². The maximum absolute atomic E-state index is 12.4. The van der Waals surface area contributed by atoms with Crippen LogP contribution in [-0.2, 0) is 10.0 Å². The Kier molecular flexibility index (Phi) is 4.19. The third kappa shape index (κ3) is 2.93. The van der Waals surface area contributed by atoms with Gasteiger partial charge in [0.2, 0.25) is 0 Å². The lowest BCUT2D eigenvalue weighted by atomic mass is 10.3. The lowest BCUT2D eigenvalue weighted by molar-refractivity contribution is 0.603. The molecule has 0 radical (unpaired) electrons. The number of aromatic nitrogens is 1. The van der Waals surface area contributed by atoms with Gasteiger partial charge in [0.05, 0.1) is 29.7 Å². The summed E-state index contributed by atoms with van der Waals surface area (Å²) in [5, 5.41) is 0.636. The lowest BCUT2D eigenvalue weighted by Gasteiger charge is -2.08. The fraction of sp³-hybridized carbons (Fsp3) is 0. The first-order valence-corrected chi connectivity index (χ1v) is 10.1. The van der Waals surface area contributed by atoms with E-state index in [4.69, 9.17) is 23.2 Å². The van der Waals surface area contributed by atoms with Crippen molar-refractivity contribution in [3.05, 3.63) is 37.5 Å². The number of hydrogen-bond donors (Lipinski definition) is 1. The van der Waals surface area contributed by atoms with E-state index in [1.54, 1.807) is 17.6 Å². The number of nitrogens with zero attached hydrogens (tertiary/aromatic N) is 1. The molecular weight excluding hydrogens is 439 g/mol. The molecule has 1 N–H and O–H groups in total. The average molecular weight is 444 g/mol. The topological polar surface area (TPSA) is 59.1 Å². The molecule has 0 saturated carbocycles. The van der Waals surface area contributed by atoms with E-state index in [9.17, 15) is 8.42 Å². The Bertz CT molecular complexity index is 917. The molecule has 1 aromatic carbocycles. The number of thiazole rings is 1. The Hall–Kier alpha value is -0.380. The van der Waals surface area contributed by atoms with Gasteiger partial charge in [-0.25, -0.2) is 13.4 Å². The van der Waals surface area contributed by atoms with E-state index in [-0.39, 0.29) is 9.90 Å². The summed E-state index contributed by atoms with van der Waals surface area (Å²) in [7, 11) is -3.77. The van der Waals surface area contributed by atoms with Crippen LogP contribution in [0, 0.1) is 0 Å². The highest BCUT2D eigenvalue weighted by molar-refractivity contribution is 9.11. The van der Waals surface area contributed by atoms with Crippen LogP contribution in [-0.4, -0.2) is 13.4 Å². The quantitative estimate of drug-likeness (QED) is 0.602. The van der Waals surface area contributed by atoms with Gasteiger partial charge in [-0.1, -0.05) is 23.2 Å². The van der Waals surface area contributed by atoms with E-state index in [1.807, 2.05) is 0 Å². The Balaban J connectivity index is 2.09. The minimum Gasteiger partial charge on any atom is -0.275 e. The van der Waals surface area contributed by atoms with Crippen molar-refractivity contribution < 1.29 is 8.42 Å². The molecule has 0 spiro atoms. The molecule has 4 nitrogen and oxygen atoms in total. The Morgan fingerprint density at radius 2 is 2.00 bits per heavy atom. The molecule has 0 fully saturated rings. The SMILES string of the molecule is O=S(=O)(Nc1c(Cl)ccc2scnc12)c1cc(Cl)c(Br)s1. The van der Waals surface area contributed by atoms with Gasteiger partial charge in [0.1, 0.15) is 9.73 Å². The molecular formula is C11H5BrCl2N2O2S3. The average Bonchev–Trinajstić information content (AvgIpc) is 3.01. The summed E-state index contributed by atoms with van der Waals surface area (Å²) in [6, 6.07) is 4.82. The molecule has 0 saturated heterocycles. The van der Waals surface area contributed by atoms with E-state index in [1.165, 1.54) is 17.4 Å². The molecule has 2 aromatic heterocycles. The van der Waals surface area contributed by atoms with Crippen molar-refractivity contribution in [2.24, 2.45) is 0 Å². The number of nitrogens with one attached hydrogen (secondary N) is 1. The number of thiophene rings is 1. The maximum Gasteiger partial charge on any atom is 0.271 e. The summed E-state index contributed by atoms with van der Waals surface area (Å²) in [5.41, 5.74) is 2.44. The van der Waals surface area contributed by atoms with Gasteiger partial charge >= 0.3 is 0 Å². The molecule has 0 aliphatic carbocycles. The fourth-order valence-corrected chi connectivity index (χ4v) is 6.07. The highest BCUT2D eigenvalue weighted by Crippen LogP contribution is 2.38. The standard InChI is InChI=1S/C11H5BrCl2N2O2S3/c12-11-6(14)3-8(20-11)21(17,18)16-9-5(13)1-2-7-10(9)15-4-19-7/h1-4,16H. The molecule has 21 heavy (non-hydrogen) atoms. The minimum atomic E-state index is -3.77. The van der Waals surface area contributed by atoms with Crippen LogP contribution in [0.15, 0.2) is 31.7 Å². The third-order valence-electron chi connectivity index (χ3n) is 2.58. The van der Waals surface area contributed by atoms with Crippen molar-refractivity contribution in [1.82, 2.24) is 4.98 Å². The molecule has 110 valence electrons. The third-order valence-corrected chi connectivity index (χ3v) is 7.98. The Morgan fingerprint density at radius 1 is 1.24 bits per heavy atom. The molecule has 0 aliphatic heterocycles. The number of sulfonamides is 1. The van der Waals surface area contributed by atoms with Crippen LogP contribution in [0.1, 0.15) is 0 Å². The zero-order valence-corrected chi connectivity index (χ0v) is 15.5. The highest BCUT2D eigenvalue weighted by Gasteiger charge is 2.22. The van der Waals surface area contributed by atoms with Crippen LogP contribution in [0.4, 0.5) is 5.69 Å². The van der Waals surface area contributed by atoms with E-state index in [2.05, 4.69) is 25.6 Å².